The molecule has 0 aliphatic carbocycles. The summed E-state index contributed by atoms with van der Waals surface area (Å²) < 4.78 is 27.7. The molecule has 0 radical (unpaired) electrons. The molecule has 0 atom stereocenters. The smallest absolute Gasteiger partial charge is 0.251 e. The first kappa shape index (κ1) is 24.5. The molecule has 2 heterocycles. The maximum Gasteiger partial charge on any atom is 0.251 e. The van der Waals surface area contributed by atoms with Crippen LogP contribution in [-0.2, 0) is 10.0 Å². The van der Waals surface area contributed by atoms with Crippen LogP contribution in [0.25, 0.3) is 0 Å². The second-order valence-electron chi connectivity index (χ2n) is 8.57. The lowest BCUT2D eigenvalue weighted by atomic mass is 10.2. The van der Waals surface area contributed by atoms with Crippen molar-refractivity contribution in [1.29, 1.82) is 0 Å². The molecule has 1 amide bonds. The molecule has 0 unspecified atom stereocenters. The summed E-state index contributed by atoms with van der Waals surface area (Å²) in [5, 5.41) is 3.07. The van der Waals surface area contributed by atoms with Gasteiger partial charge < -0.3 is 15.1 Å². The van der Waals surface area contributed by atoms with Crippen molar-refractivity contribution < 1.29 is 13.2 Å². The van der Waals surface area contributed by atoms with Gasteiger partial charge in [-0.2, -0.15) is 4.31 Å². The Kier molecular flexibility index (Phi) is 9.16. The van der Waals surface area contributed by atoms with Gasteiger partial charge >= 0.3 is 0 Å². The highest BCUT2D eigenvalue weighted by Gasteiger charge is 2.28. The standard InChI is InChI=1S/C22H35ClN4O3S/c1-25-14-16-26(17-15-25)11-7-4-10-24-22(28)19-8-9-20(23)21(18-19)31(29,30)27-12-5-2-3-6-13-27/h8-9,18H,2-7,10-17H2,1H3,(H,24,28). The van der Waals surface area contributed by atoms with Gasteiger partial charge in [0.2, 0.25) is 10.0 Å². The van der Waals surface area contributed by atoms with Crippen LogP contribution in [0.1, 0.15) is 48.9 Å². The normalized spacial score (nSPS) is 19.8. The van der Waals surface area contributed by atoms with Gasteiger partial charge in [-0.1, -0.05) is 24.4 Å². The van der Waals surface area contributed by atoms with Crippen LogP contribution in [-0.4, -0.2) is 87.8 Å². The average molecular weight is 471 g/mol. The molecule has 1 aromatic carbocycles. The monoisotopic (exact) mass is 470 g/mol. The van der Waals surface area contributed by atoms with Crippen LogP contribution in [0.3, 0.4) is 0 Å². The van der Waals surface area contributed by atoms with Crippen molar-refractivity contribution >= 4 is 27.5 Å². The van der Waals surface area contributed by atoms with Crippen LogP contribution < -0.4 is 5.32 Å². The number of piperazine rings is 1. The fourth-order valence-electron chi connectivity index (χ4n) is 4.10. The maximum atomic E-state index is 13.1. The van der Waals surface area contributed by atoms with Gasteiger partial charge in [-0.05, 0) is 57.5 Å². The zero-order valence-corrected chi connectivity index (χ0v) is 20.1. The average Bonchev–Trinajstić information content (AvgIpc) is 3.05. The lowest BCUT2D eigenvalue weighted by Gasteiger charge is -2.32. The number of sulfonamides is 1. The van der Waals surface area contributed by atoms with Gasteiger partial charge in [0.1, 0.15) is 4.90 Å². The summed E-state index contributed by atoms with van der Waals surface area (Å²) in [5.41, 5.74) is 0.330. The maximum absolute atomic E-state index is 13.1. The van der Waals surface area contributed by atoms with Crippen LogP contribution in [0.4, 0.5) is 0 Å². The number of likely N-dealkylation sites (N-methyl/N-ethyl adjacent to an activating group) is 1. The Morgan fingerprint density at radius 1 is 1.00 bits per heavy atom. The highest BCUT2D eigenvalue weighted by Crippen LogP contribution is 2.27. The lowest BCUT2D eigenvalue weighted by Crippen LogP contribution is -2.44. The zero-order valence-electron chi connectivity index (χ0n) is 18.5. The fourth-order valence-corrected chi connectivity index (χ4v) is 6.12. The van der Waals surface area contributed by atoms with E-state index in [2.05, 4.69) is 22.2 Å². The number of carbonyl (C=O) groups excluding carboxylic acids is 1. The second-order valence-corrected chi connectivity index (χ2v) is 10.9. The highest BCUT2D eigenvalue weighted by molar-refractivity contribution is 7.89. The molecule has 31 heavy (non-hydrogen) atoms. The predicted octanol–water partition coefficient (Wildman–Crippen LogP) is 2.66. The summed E-state index contributed by atoms with van der Waals surface area (Å²) in [6.45, 7) is 7.03. The SMILES string of the molecule is CN1CCN(CCCCNC(=O)c2ccc(Cl)c(S(=O)(=O)N3CCCCCC3)c2)CC1. The number of hydrogen-bond acceptors (Lipinski definition) is 5. The van der Waals surface area contributed by atoms with Crippen molar-refractivity contribution in [2.24, 2.45) is 0 Å². The van der Waals surface area contributed by atoms with Crippen molar-refractivity contribution in [3.8, 4) is 0 Å². The van der Waals surface area contributed by atoms with Crippen molar-refractivity contribution in [3.05, 3.63) is 28.8 Å². The molecule has 7 nitrogen and oxygen atoms in total. The zero-order chi connectivity index (χ0) is 22.3. The largest absolute Gasteiger partial charge is 0.352 e. The van der Waals surface area contributed by atoms with Gasteiger partial charge in [-0.3, -0.25) is 4.79 Å². The Morgan fingerprint density at radius 3 is 2.35 bits per heavy atom. The van der Waals surface area contributed by atoms with Crippen LogP contribution in [0, 0.1) is 0 Å². The van der Waals surface area contributed by atoms with E-state index in [9.17, 15) is 13.2 Å². The van der Waals surface area contributed by atoms with Gasteiger partial charge in [-0.15, -0.1) is 0 Å². The van der Waals surface area contributed by atoms with Gasteiger partial charge in [0.15, 0.2) is 0 Å². The predicted molar refractivity (Wildman–Crippen MR) is 124 cm³/mol. The molecular weight excluding hydrogens is 436 g/mol. The highest BCUT2D eigenvalue weighted by atomic mass is 35.5. The van der Waals surface area contributed by atoms with E-state index >= 15 is 0 Å². The Balaban J connectivity index is 1.52. The minimum atomic E-state index is -3.71. The molecule has 0 aromatic heterocycles. The number of carbonyl (C=O) groups is 1. The van der Waals surface area contributed by atoms with Gasteiger partial charge in [0, 0.05) is 51.4 Å². The van der Waals surface area contributed by atoms with Gasteiger partial charge in [0.25, 0.3) is 5.91 Å². The fraction of sp³-hybridized carbons (Fsp3) is 0.682. The molecule has 0 spiro atoms. The lowest BCUT2D eigenvalue weighted by molar-refractivity contribution is 0.0951. The van der Waals surface area contributed by atoms with E-state index in [4.69, 9.17) is 11.6 Å². The summed E-state index contributed by atoms with van der Waals surface area (Å²) in [6.07, 6.45) is 5.70. The number of benzene rings is 1. The summed E-state index contributed by atoms with van der Waals surface area (Å²) in [7, 11) is -1.56. The van der Waals surface area contributed by atoms with Gasteiger partial charge in [-0.25, -0.2) is 8.42 Å². The number of nitrogens with zero attached hydrogens (tertiary/aromatic N) is 3. The van der Waals surface area contributed by atoms with E-state index in [1.807, 2.05) is 0 Å². The van der Waals surface area contributed by atoms with Crippen molar-refractivity contribution in [1.82, 2.24) is 19.4 Å². The van der Waals surface area contributed by atoms with E-state index < -0.39 is 10.0 Å². The summed E-state index contributed by atoms with van der Waals surface area (Å²) in [5.74, 6) is -0.261. The Hall–Kier alpha value is -1.19. The minimum absolute atomic E-state index is 0.0267. The molecule has 1 N–H and O–H groups in total. The van der Waals surface area contributed by atoms with Crippen LogP contribution in [0.5, 0.6) is 0 Å². The van der Waals surface area contributed by atoms with E-state index in [0.29, 0.717) is 25.2 Å². The molecule has 2 aliphatic heterocycles. The van der Waals surface area contributed by atoms with Gasteiger partial charge in [0.05, 0.1) is 5.02 Å². The number of nitrogens with one attached hydrogen (secondary N) is 1. The molecule has 0 bridgehead atoms. The first-order valence-electron chi connectivity index (χ1n) is 11.4. The number of amides is 1. The quantitative estimate of drug-likeness (QED) is 0.591. The molecular formula is C22H35ClN4O3S. The van der Waals surface area contributed by atoms with Crippen molar-refractivity contribution in [2.75, 3.05) is 59.4 Å². The number of rotatable bonds is 8. The third kappa shape index (κ3) is 6.89. The van der Waals surface area contributed by atoms with E-state index in [1.54, 1.807) is 6.07 Å². The Morgan fingerprint density at radius 2 is 1.68 bits per heavy atom. The number of hydrogen-bond donors (Lipinski definition) is 1. The van der Waals surface area contributed by atoms with Crippen LogP contribution >= 0.6 is 11.6 Å². The Bertz CT molecular complexity index is 833. The minimum Gasteiger partial charge on any atom is -0.352 e. The van der Waals surface area contributed by atoms with E-state index in [0.717, 1.165) is 71.2 Å². The van der Waals surface area contributed by atoms with Crippen molar-refractivity contribution in [3.63, 3.8) is 0 Å². The molecule has 2 aliphatic rings. The van der Waals surface area contributed by atoms with Crippen LogP contribution in [0.2, 0.25) is 5.02 Å². The first-order chi connectivity index (χ1) is 14.9. The molecule has 0 saturated carbocycles. The molecule has 2 fully saturated rings. The third-order valence-corrected chi connectivity index (χ3v) is 8.54. The molecule has 1 aromatic rings. The molecule has 9 heteroatoms. The second kappa shape index (κ2) is 11.6. The summed E-state index contributed by atoms with van der Waals surface area (Å²) in [4.78, 5) is 17.4. The topological polar surface area (TPSA) is 73.0 Å². The summed E-state index contributed by atoms with van der Waals surface area (Å²) in [6, 6.07) is 4.51. The van der Waals surface area contributed by atoms with E-state index in [-0.39, 0.29) is 15.8 Å². The van der Waals surface area contributed by atoms with E-state index in [1.165, 1.54) is 16.4 Å². The third-order valence-electron chi connectivity index (χ3n) is 6.16. The molecule has 3 rings (SSSR count). The van der Waals surface area contributed by atoms with Crippen LogP contribution in [0.15, 0.2) is 23.1 Å². The number of halogens is 1. The van der Waals surface area contributed by atoms with Crippen molar-refractivity contribution in [2.45, 2.75) is 43.4 Å². The number of unbranched alkanes of at least 4 members (excludes halogenated alkanes) is 1. The first-order valence-corrected chi connectivity index (χ1v) is 13.2. The molecule has 2 saturated heterocycles. The summed E-state index contributed by atoms with van der Waals surface area (Å²) >= 11 is 6.23. The Labute approximate surface area is 191 Å². The molecule has 174 valence electrons.